The molecule has 0 aliphatic heterocycles. The van der Waals surface area contributed by atoms with Crippen LogP contribution in [0.25, 0.3) is 11.6 Å². The van der Waals surface area contributed by atoms with Gasteiger partial charge >= 0.3 is 0 Å². The molecule has 1 aliphatic rings. The van der Waals surface area contributed by atoms with Gasteiger partial charge in [0, 0.05) is 12.5 Å². The van der Waals surface area contributed by atoms with Gasteiger partial charge in [0.25, 0.3) is 0 Å². The average molecular weight is 354 g/mol. The lowest BCUT2D eigenvalue weighted by Gasteiger charge is -2.21. The molecule has 136 valence electrons. The van der Waals surface area contributed by atoms with Crippen molar-refractivity contribution in [1.29, 1.82) is 0 Å². The molecule has 0 saturated heterocycles. The van der Waals surface area contributed by atoms with Crippen molar-refractivity contribution in [3.63, 3.8) is 0 Å². The molecular weight excluding hydrogens is 326 g/mol. The van der Waals surface area contributed by atoms with Crippen LogP contribution in [0.1, 0.15) is 53.5 Å². The maximum atomic E-state index is 3.63. The molecule has 0 fully saturated rings. The maximum Gasteiger partial charge on any atom is 0.0355 e. The Hall–Kier alpha value is -2.64. The van der Waals surface area contributed by atoms with Crippen LogP contribution in [0.3, 0.4) is 0 Å². The highest BCUT2D eigenvalue weighted by molar-refractivity contribution is 5.93. The molecule has 0 spiro atoms. The van der Waals surface area contributed by atoms with Gasteiger partial charge in [0.2, 0.25) is 0 Å². The minimum atomic E-state index is 0.299. The third-order valence-electron chi connectivity index (χ3n) is 5.42. The van der Waals surface area contributed by atoms with E-state index in [0.717, 1.165) is 13.1 Å². The molecule has 0 heterocycles. The number of hydrogen-bond donors (Lipinski definition) is 1. The van der Waals surface area contributed by atoms with Gasteiger partial charge in [-0.2, -0.15) is 0 Å². The third-order valence-corrected chi connectivity index (χ3v) is 5.42. The molecule has 0 radical (unpaired) electrons. The van der Waals surface area contributed by atoms with Gasteiger partial charge in [-0.1, -0.05) is 92.2 Å². The lowest BCUT2D eigenvalue weighted by atomic mass is 9.83. The van der Waals surface area contributed by atoms with E-state index in [-0.39, 0.29) is 0 Å². The molecule has 1 nitrogen and oxygen atoms in total. The molecule has 1 atom stereocenters. The van der Waals surface area contributed by atoms with E-state index in [2.05, 4.69) is 97.2 Å². The number of benzene rings is 3. The SMILES string of the molecule is CCCCNCc1ccccc1C1C(c2ccccc2)=Cc2ccccc21. The molecule has 0 amide bonds. The fourth-order valence-electron chi connectivity index (χ4n) is 4.04. The van der Waals surface area contributed by atoms with Crippen molar-refractivity contribution in [2.45, 2.75) is 32.2 Å². The van der Waals surface area contributed by atoms with Crippen LogP contribution in [0.4, 0.5) is 0 Å². The first-order valence-electron chi connectivity index (χ1n) is 10.0. The van der Waals surface area contributed by atoms with Gasteiger partial charge in [0.05, 0.1) is 0 Å². The Bertz CT molecular complexity index is 924. The molecule has 1 N–H and O–H groups in total. The zero-order chi connectivity index (χ0) is 18.5. The van der Waals surface area contributed by atoms with E-state index in [1.165, 1.54) is 46.2 Å². The topological polar surface area (TPSA) is 12.0 Å². The van der Waals surface area contributed by atoms with Crippen molar-refractivity contribution in [2.75, 3.05) is 6.54 Å². The molecule has 0 aromatic heterocycles. The van der Waals surface area contributed by atoms with Crippen LogP contribution >= 0.6 is 0 Å². The van der Waals surface area contributed by atoms with E-state index in [9.17, 15) is 0 Å². The fraction of sp³-hybridized carbons (Fsp3) is 0.231. The predicted octanol–water partition coefficient (Wildman–Crippen LogP) is 6.26. The first kappa shape index (κ1) is 17.8. The molecule has 1 unspecified atom stereocenters. The second-order valence-electron chi connectivity index (χ2n) is 7.26. The van der Waals surface area contributed by atoms with Crippen molar-refractivity contribution in [1.82, 2.24) is 5.32 Å². The van der Waals surface area contributed by atoms with Crippen molar-refractivity contribution >= 4 is 11.6 Å². The van der Waals surface area contributed by atoms with E-state index in [1.807, 2.05) is 0 Å². The molecule has 3 aromatic carbocycles. The molecule has 1 heteroatoms. The monoisotopic (exact) mass is 353 g/mol. The van der Waals surface area contributed by atoms with Gasteiger partial charge < -0.3 is 5.32 Å². The van der Waals surface area contributed by atoms with Crippen LogP contribution in [0.2, 0.25) is 0 Å². The van der Waals surface area contributed by atoms with Crippen LogP contribution in [0.5, 0.6) is 0 Å². The lowest BCUT2D eigenvalue weighted by molar-refractivity contribution is 0.638. The molecule has 27 heavy (non-hydrogen) atoms. The average Bonchev–Trinajstić information content (AvgIpc) is 3.12. The number of allylic oxidation sites excluding steroid dienone is 1. The number of hydrogen-bond acceptors (Lipinski definition) is 1. The molecular formula is C26H27N. The summed E-state index contributed by atoms with van der Waals surface area (Å²) < 4.78 is 0. The fourth-order valence-corrected chi connectivity index (χ4v) is 4.04. The van der Waals surface area contributed by atoms with Crippen LogP contribution in [0, 0.1) is 0 Å². The Morgan fingerprint density at radius 1 is 0.778 bits per heavy atom. The quantitative estimate of drug-likeness (QED) is 0.494. The Balaban J connectivity index is 1.74. The normalized spacial score (nSPS) is 15.4. The van der Waals surface area contributed by atoms with Crippen LogP contribution in [0.15, 0.2) is 78.9 Å². The Labute approximate surface area is 162 Å². The zero-order valence-electron chi connectivity index (χ0n) is 16.0. The van der Waals surface area contributed by atoms with E-state index in [4.69, 9.17) is 0 Å². The zero-order valence-corrected chi connectivity index (χ0v) is 16.0. The minimum Gasteiger partial charge on any atom is -0.313 e. The summed E-state index contributed by atoms with van der Waals surface area (Å²) in [6.45, 7) is 4.24. The Morgan fingerprint density at radius 3 is 2.30 bits per heavy atom. The number of unbranched alkanes of at least 4 members (excludes halogenated alkanes) is 1. The predicted molar refractivity (Wildman–Crippen MR) is 116 cm³/mol. The van der Waals surface area contributed by atoms with Gasteiger partial charge in [0.1, 0.15) is 0 Å². The van der Waals surface area contributed by atoms with E-state index >= 15 is 0 Å². The first-order chi connectivity index (χ1) is 13.4. The van der Waals surface area contributed by atoms with E-state index in [0.29, 0.717) is 5.92 Å². The second kappa shape index (κ2) is 8.37. The molecule has 1 aliphatic carbocycles. The van der Waals surface area contributed by atoms with Crippen molar-refractivity contribution in [3.8, 4) is 0 Å². The summed E-state index contributed by atoms with van der Waals surface area (Å²) in [7, 11) is 0. The minimum absolute atomic E-state index is 0.299. The van der Waals surface area contributed by atoms with Crippen molar-refractivity contribution < 1.29 is 0 Å². The second-order valence-corrected chi connectivity index (χ2v) is 7.26. The molecule has 3 aromatic rings. The highest BCUT2D eigenvalue weighted by Gasteiger charge is 2.28. The first-order valence-corrected chi connectivity index (χ1v) is 10.0. The summed E-state index contributed by atoms with van der Waals surface area (Å²) in [5, 5.41) is 3.63. The van der Waals surface area contributed by atoms with Gasteiger partial charge in [-0.05, 0) is 52.4 Å². The molecule has 0 bridgehead atoms. The number of fused-ring (bicyclic) bond motifs is 1. The van der Waals surface area contributed by atoms with Gasteiger partial charge in [-0.3, -0.25) is 0 Å². The highest BCUT2D eigenvalue weighted by atomic mass is 14.8. The molecule has 4 rings (SSSR count). The van der Waals surface area contributed by atoms with Gasteiger partial charge in [-0.15, -0.1) is 0 Å². The maximum absolute atomic E-state index is 3.63. The van der Waals surface area contributed by atoms with Gasteiger partial charge in [0.15, 0.2) is 0 Å². The summed E-state index contributed by atoms with van der Waals surface area (Å²) in [5.41, 5.74) is 8.29. The number of rotatable bonds is 7. The Kier molecular flexibility index (Phi) is 5.50. The summed E-state index contributed by atoms with van der Waals surface area (Å²) in [6, 6.07) is 28.6. The Morgan fingerprint density at radius 2 is 1.48 bits per heavy atom. The molecule has 0 saturated carbocycles. The van der Waals surface area contributed by atoms with Crippen LogP contribution in [-0.2, 0) is 6.54 Å². The van der Waals surface area contributed by atoms with Crippen molar-refractivity contribution in [3.05, 3.63) is 107 Å². The third kappa shape index (κ3) is 3.74. The summed E-state index contributed by atoms with van der Waals surface area (Å²) >= 11 is 0. The highest BCUT2D eigenvalue weighted by Crippen LogP contribution is 2.46. The van der Waals surface area contributed by atoms with Crippen molar-refractivity contribution in [2.24, 2.45) is 0 Å². The standard InChI is InChI=1S/C26H27N/c1-2-3-17-27-19-22-14-8-10-16-24(22)26-23-15-9-7-13-21(23)18-25(26)20-11-5-4-6-12-20/h4-16,18,26-27H,2-3,17,19H2,1H3. The summed E-state index contributed by atoms with van der Waals surface area (Å²) in [5.74, 6) is 0.299. The summed E-state index contributed by atoms with van der Waals surface area (Å²) in [4.78, 5) is 0. The lowest BCUT2D eigenvalue weighted by Crippen LogP contribution is -2.16. The van der Waals surface area contributed by atoms with E-state index in [1.54, 1.807) is 0 Å². The van der Waals surface area contributed by atoms with E-state index < -0.39 is 0 Å². The van der Waals surface area contributed by atoms with Crippen LogP contribution in [-0.4, -0.2) is 6.54 Å². The number of nitrogens with one attached hydrogen (secondary N) is 1. The smallest absolute Gasteiger partial charge is 0.0355 e. The summed E-state index contributed by atoms with van der Waals surface area (Å²) in [6.07, 6.45) is 4.83. The van der Waals surface area contributed by atoms with Gasteiger partial charge in [-0.25, -0.2) is 0 Å². The largest absolute Gasteiger partial charge is 0.313 e. The van der Waals surface area contributed by atoms with Crippen LogP contribution < -0.4 is 5.32 Å².